The second-order valence-electron chi connectivity index (χ2n) is 6.99. The Morgan fingerprint density at radius 3 is 2.77 bits per heavy atom. The van der Waals surface area contributed by atoms with Gasteiger partial charge in [-0.1, -0.05) is 6.07 Å². The van der Waals surface area contributed by atoms with Crippen LogP contribution in [-0.2, 0) is 22.4 Å². The monoisotopic (exact) mass is 353 g/mol. The average Bonchev–Trinajstić information content (AvgIpc) is 3.08. The molecule has 6 nitrogen and oxygen atoms in total. The van der Waals surface area contributed by atoms with Crippen LogP contribution in [-0.4, -0.2) is 29.9 Å². The Morgan fingerprint density at radius 1 is 1.23 bits per heavy atom. The van der Waals surface area contributed by atoms with E-state index in [0.717, 1.165) is 18.6 Å². The second-order valence-corrected chi connectivity index (χ2v) is 6.99. The second kappa shape index (κ2) is 7.15. The van der Waals surface area contributed by atoms with Gasteiger partial charge in [0.25, 0.3) is 5.91 Å². The molecule has 0 unspecified atom stereocenters. The van der Waals surface area contributed by atoms with Crippen molar-refractivity contribution in [3.63, 3.8) is 0 Å². The van der Waals surface area contributed by atoms with Gasteiger partial charge in [0.15, 0.2) is 0 Å². The molecule has 1 N–H and O–H groups in total. The van der Waals surface area contributed by atoms with Crippen LogP contribution in [0.3, 0.4) is 0 Å². The highest BCUT2D eigenvalue weighted by molar-refractivity contribution is 6.00. The maximum atomic E-state index is 12.6. The number of amides is 2. The predicted octanol–water partition coefficient (Wildman–Crippen LogP) is 2.85. The molecular weight excluding hydrogens is 330 g/mol. The normalized spacial score (nSPS) is 13.0. The van der Waals surface area contributed by atoms with Crippen molar-refractivity contribution < 1.29 is 14.3 Å². The molecule has 0 atom stereocenters. The lowest BCUT2D eigenvalue weighted by Gasteiger charge is -2.28. The van der Waals surface area contributed by atoms with Gasteiger partial charge in [-0.05, 0) is 62.4 Å². The number of benzene rings is 1. The first-order valence-electron chi connectivity index (χ1n) is 8.66. The Kier molecular flexibility index (Phi) is 4.93. The van der Waals surface area contributed by atoms with E-state index in [4.69, 9.17) is 4.74 Å². The summed E-state index contributed by atoms with van der Waals surface area (Å²) >= 11 is 0. The lowest BCUT2D eigenvalue weighted by atomic mass is 10.0. The van der Waals surface area contributed by atoms with Crippen LogP contribution in [0.5, 0.6) is 11.6 Å². The quantitative estimate of drug-likeness (QED) is 0.811. The van der Waals surface area contributed by atoms with Gasteiger partial charge in [0.1, 0.15) is 11.3 Å². The Balaban J connectivity index is 1.77. The summed E-state index contributed by atoms with van der Waals surface area (Å²) in [7, 11) is 1.66. The molecule has 1 aromatic heterocycles. The smallest absolute Gasteiger partial charge is 0.251 e. The molecule has 26 heavy (non-hydrogen) atoms. The molecule has 0 saturated heterocycles. The first-order valence-corrected chi connectivity index (χ1v) is 8.66. The molecule has 1 aromatic carbocycles. The third-order valence-electron chi connectivity index (χ3n) is 4.66. The largest absolute Gasteiger partial charge is 0.439 e. The van der Waals surface area contributed by atoms with Crippen LogP contribution in [0.1, 0.15) is 31.4 Å². The molecular formula is C20H23N3O3. The number of likely N-dealkylation sites (N-methyl/N-ethyl adjacent to an activating group) is 1. The van der Waals surface area contributed by atoms with E-state index in [2.05, 4.69) is 22.4 Å². The fourth-order valence-electron chi connectivity index (χ4n) is 3.14. The summed E-state index contributed by atoms with van der Waals surface area (Å²) in [6.45, 7) is 3.31. The zero-order valence-electron chi connectivity index (χ0n) is 15.3. The number of ether oxygens (including phenoxy) is 1. The van der Waals surface area contributed by atoms with Crippen LogP contribution in [0.2, 0.25) is 0 Å². The highest BCUT2D eigenvalue weighted by atomic mass is 16.5. The van der Waals surface area contributed by atoms with E-state index in [1.54, 1.807) is 39.2 Å². The topological polar surface area (TPSA) is 71.5 Å². The third kappa shape index (κ3) is 3.69. The number of hydrogen-bond donors (Lipinski definition) is 1. The summed E-state index contributed by atoms with van der Waals surface area (Å²) < 4.78 is 5.89. The summed E-state index contributed by atoms with van der Waals surface area (Å²) in [4.78, 5) is 29.0. The Bertz CT molecular complexity index is 833. The van der Waals surface area contributed by atoms with Crippen molar-refractivity contribution >= 4 is 18.0 Å². The van der Waals surface area contributed by atoms with Gasteiger partial charge < -0.3 is 15.0 Å². The highest BCUT2D eigenvalue weighted by Crippen LogP contribution is 2.29. The number of hydrogen-bond acceptors (Lipinski definition) is 4. The average molecular weight is 353 g/mol. The summed E-state index contributed by atoms with van der Waals surface area (Å²) in [6.07, 6.45) is 5.52. The molecule has 0 aliphatic heterocycles. The van der Waals surface area contributed by atoms with Crippen LogP contribution >= 0.6 is 0 Å². The molecule has 136 valence electrons. The van der Waals surface area contributed by atoms with Gasteiger partial charge in [0, 0.05) is 19.3 Å². The van der Waals surface area contributed by atoms with Crippen molar-refractivity contribution in [2.45, 2.75) is 38.6 Å². The molecule has 2 aromatic rings. The zero-order valence-corrected chi connectivity index (χ0v) is 15.3. The molecule has 1 aliphatic carbocycles. The maximum Gasteiger partial charge on any atom is 0.251 e. The molecule has 1 aliphatic rings. The molecule has 2 amide bonds. The SMILES string of the molecule is CN(C(=O)C(C)(C)NC=O)c1ccnc(Oc2ccc3c(c2)CCC3)c1. The van der Waals surface area contributed by atoms with Gasteiger partial charge in [0.2, 0.25) is 12.3 Å². The highest BCUT2D eigenvalue weighted by Gasteiger charge is 2.30. The van der Waals surface area contributed by atoms with Crippen molar-refractivity contribution in [2.24, 2.45) is 0 Å². The Labute approximate surface area is 153 Å². The van der Waals surface area contributed by atoms with Crippen LogP contribution in [0.15, 0.2) is 36.5 Å². The van der Waals surface area contributed by atoms with Crippen molar-refractivity contribution in [2.75, 3.05) is 11.9 Å². The molecule has 6 heteroatoms. The first-order chi connectivity index (χ1) is 12.4. The van der Waals surface area contributed by atoms with Gasteiger partial charge in [0.05, 0.1) is 5.69 Å². The van der Waals surface area contributed by atoms with Gasteiger partial charge in [-0.25, -0.2) is 4.98 Å². The van der Waals surface area contributed by atoms with Gasteiger partial charge in [-0.3, -0.25) is 9.59 Å². The lowest BCUT2D eigenvalue weighted by molar-refractivity contribution is -0.126. The number of aryl methyl sites for hydroxylation is 2. The molecule has 0 spiro atoms. The van der Waals surface area contributed by atoms with Gasteiger partial charge in [-0.15, -0.1) is 0 Å². The van der Waals surface area contributed by atoms with Crippen molar-refractivity contribution in [3.8, 4) is 11.6 Å². The zero-order chi connectivity index (χ0) is 18.7. The van der Waals surface area contributed by atoms with E-state index in [9.17, 15) is 9.59 Å². The number of carbonyl (C=O) groups is 2. The van der Waals surface area contributed by atoms with E-state index in [-0.39, 0.29) is 5.91 Å². The molecule has 0 fully saturated rings. The van der Waals surface area contributed by atoms with Crippen LogP contribution in [0.25, 0.3) is 0 Å². The van der Waals surface area contributed by atoms with E-state index >= 15 is 0 Å². The summed E-state index contributed by atoms with van der Waals surface area (Å²) in [5, 5.41) is 2.53. The Morgan fingerprint density at radius 2 is 2.00 bits per heavy atom. The van der Waals surface area contributed by atoms with E-state index in [1.165, 1.54) is 22.4 Å². The first kappa shape index (κ1) is 17.9. The standard InChI is InChI=1S/C20H23N3O3/c1-20(2,22-13-24)19(25)23(3)16-9-10-21-18(12-16)26-17-8-7-14-5-4-6-15(14)11-17/h7-13H,4-6H2,1-3H3,(H,22,24). The van der Waals surface area contributed by atoms with E-state index in [0.29, 0.717) is 18.0 Å². The van der Waals surface area contributed by atoms with Crippen LogP contribution in [0.4, 0.5) is 5.69 Å². The minimum atomic E-state index is -0.999. The van der Waals surface area contributed by atoms with Gasteiger partial charge >= 0.3 is 0 Å². The number of nitrogens with zero attached hydrogens (tertiary/aromatic N) is 2. The van der Waals surface area contributed by atoms with Crippen molar-refractivity contribution in [1.82, 2.24) is 10.3 Å². The van der Waals surface area contributed by atoms with Crippen LogP contribution in [0, 0.1) is 0 Å². The molecule has 0 radical (unpaired) electrons. The van der Waals surface area contributed by atoms with E-state index < -0.39 is 5.54 Å². The third-order valence-corrected chi connectivity index (χ3v) is 4.66. The number of nitrogens with one attached hydrogen (secondary N) is 1. The van der Waals surface area contributed by atoms with Gasteiger partial charge in [-0.2, -0.15) is 0 Å². The fourth-order valence-corrected chi connectivity index (χ4v) is 3.14. The minimum absolute atomic E-state index is 0.237. The molecule has 1 heterocycles. The summed E-state index contributed by atoms with van der Waals surface area (Å²) in [5.74, 6) is 0.924. The number of aromatic nitrogens is 1. The maximum absolute atomic E-state index is 12.6. The molecule has 0 saturated carbocycles. The molecule has 3 rings (SSSR count). The fraction of sp³-hybridized carbons (Fsp3) is 0.350. The lowest BCUT2D eigenvalue weighted by Crippen LogP contribution is -2.52. The number of anilines is 1. The summed E-state index contributed by atoms with van der Waals surface area (Å²) in [5.41, 5.74) is 2.35. The number of rotatable bonds is 6. The minimum Gasteiger partial charge on any atom is -0.439 e. The Hall–Kier alpha value is -2.89. The predicted molar refractivity (Wildman–Crippen MR) is 99.5 cm³/mol. The van der Waals surface area contributed by atoms with Crippen LogP contribution < -0.4 is 15.0 Å². The van der Waals surface area contributed by atoms with Crippen molar-refractivity contribution in [3.05, 3.63) is 47.7 Å². The van der Waals surface area contributed by atoms with E-state index in [1.807, 2.05) is 6.07 Å². The number of carbonyl (C=O) groups excluding carboxylic acids is 2. The number of pyridine rings is 1. The summed E-state index contributed by atoms with van der Waals surface area (Å²) in [6, 6.07) is 9.55. The van der Waals surface area contributed by atoms with Crippen molar-refractivity contribution in [1.29, 1.82) is 0 Å². The molecule has 0 bridgehead atoms. The number of fused-ring (bicyclic) bond motifs is 1.